The molecule has 4 nitrogen and oxygen atoms in total. The molecule has 0 spiro atoms. The van der Waals surface area contributed by atoms with E-state index in [1.54, 1.807) is 0 Å². The molecule has 0 unspecified atom stereocenters. The van der Waals surface area contributed by atoms with Crippen LogP contribution >= 0.6 is 0 Å². The highest BCUT2D eigenvalue weighted by Gasteiger charge is 2.36. The number of amides is 1. The van der Waals surface area contributed by atoms with Crippen LogP contribution in [0.15, 0.2) is 0 Å². The number of carbonyl (C=O) groups is 1. The summed E-state index contributed by atoms with van der Waals surface area (Å²) in [4.78, 5) is 12.4. The molecule has 0 aromatic heterocycles. The third kappa shape index (κ3) is 4.43. The number of rotatable bonds is 8. The van der Waals surface area contributed by atoms with Crippen LogP contribution in [-0.2, 0) is 9.53 Å². The van der Waals surface area contributed by atoms with Crippen LogP contribution in [0.25, 0.3) is 0 Å². The third-order valence-electron chi connectivity index (χ3n) is 5.58. The fourth-order valence-corrected chi connectivity index (χ4v) is 4.14. The largest absolute Gasteiger partial charge is 0.382 e. The summed E-state index contributed by atoms with van der Waals surface area (Å²) >= 11 is 0. The molecule has 0 aromatic rings. The quantitative estimate of drug-likeness (QED) is 0.676. The molecule has 0 radical (unpaired) electrons. The zero-order valence-corrected chi connectivity index (χ0v) is 13.5. The van der Waals surface area contributed by atoms with Gasteiger partial charge in [-0.15, -0.1) is 0 Å². The maximum absolute atomic E-state index is 12.4. The minimum Gasteiger partial charge on any atom is -0.382 e. The average Bonchev–Trinajstić information content (AvgIpc) is 3.14. The number of nitrogens with two attached hydrogens (primary N) is 1. The van der Waals surface area contributed by atoms with Gasteiger partial charge in [-0.05, 0) is 56.9 Å². The smallest absolute Gasteiger partial charge is 0.223 e. The summed E-state index contributed by atoms with van der Waals surface area (Å²) in [6, 6.07) is 0. The molecule has 21 heavy (non-hydrogen) atoms. The summed E-state index contributed by atoms with van der Waals surface area (Å²) < 4.78 is 5.53. The topological polar surface area (TPSA) is 64.3 Å². The number of nitrogens with one attached hydrogen (secondary N) is 1. The lowest BCUT2D eigenvalue weighted by atomic mass is 9.82. The van der Waals surface area contributed by atoms with Crippen molar-refractivity contribution in [3.8, 4) is 0 Å². The molecule has 0 aromatic carbocycles. The zero-order chi connectivity index (χ0) is 15.1. The summed E-state index contributed by atoms with van der Waals surface area (Å²) in [5, 5.41) is 3.25. The second-order valence-electron chi connectivity index (χ2n) is 6.91. The van der Waals surface area contributed by atoms with Crippen LogP contribution < -0.4 is 11.1 Å². The van der Waals surface area contributed by atoms with Gasteiger partial charge in [-0.3, -0.25) is 4.79 Å². The first kappa shape index (κ1) is 16.8. The van der Waals surface area contributed by atoms with Crippen LogP contribution in [0.4, 0.5) is 0 Å². The van der Waals surface area contributed by atoms with Crippen molar-refractivity contribution in [2.75, 3.05) is 26.3 Å². The van der Waals surface area contributed by atoms with Gasteiger partial charge in [-0.25, -0.2) is 0 Å². The van der Waals surface area contributed by atoms with Gasteiger partial charge >= 0.3 is 0 Å². The van der Waals surface area contributed by atoms with E-state index in [0.717, 1.165) is 45.4 Å². The lowest BCUT2D eigenvalue weighted by Crippen LogP contribution is -2.41. The van der Waals surface area contributed by atoms with Gasteiger partial charge in [0.1, 0.15) is 0 Å². The summed E-state index contributed by atoms with van der Waals surface area (Å²) in [6.07, 6.45) is 9.38. The van der Waals surface area contributed by atoms with Gasteiger partial charge in [0.15, 0.2) is 0 Å². The van der Waals surface area contributed by atoms with Crippen LogP contribution in [0.3, 0.4) is 0 Å². The van der Waals surface area contributed by atoms with E-state index in [0.29, 0.717) is 12.5 Å². The molecule has 2 aliphatic rings. The van der Waals surface area contributed by atoms with E-state index in [2.05, 4.69) is 5.32 Å². The number of carbonyl (C=O) groups excluding carboxylic acids is 1. The van der Waals surface area contributed by atoms with Crippen LogP contribution in [0, 0.1) is 17.3 Å². The lowest BCUT2D eigenvalue weighted by Gasteiger charge is -2.30. The molecule has 2 rings (SSSR count). The Balaban J connectivity index is 1.82. The molecule has 0 aliphatic heterocycles. The van der Waals surface area contributed by atoms with Gasteiger partial charge in [-0.1, -0.05) is 19.3 Å². The standard InChI is InChI=1S/C17H32N2O2/c1-2-21-11-10-17(8-3-4-9-17)13-19-16(20)15-7-5-6-14(15)12-18/h14-15H,2-13,18H2,1H3,(H,19,20)/t14-,15-/m1/s1. The maximum Gasteiger partial charge on any atom is 0.223 e. The van der Waals surface area contributed by atoms with E-state index < -0.39 is 0 Å². The molecule has 2 saturated carbocycles. The Morgan fingerprint density at radius 3 is 2.71 bits per heavy atom. The van der Waals surface area contributed by atoms with Crippen LogP contribution in [-0.4, -0.2) is 32.2 Å². The highest BCUT2D eigenvalue weighted by atomic mass is 16.5. The van der Waals surface area contributed by atoms with Gasteiger partial charge < -0.3 is 15.8 Å². The monoisotopic (exact) mass is 296 g/mol. The first-order valence-electron chi connectivity index (χ1n) is 8.76. The molecule has 2 fully saturated rings. The Bertz CT molecular complexity index is 327. The molecule has 0 bridgehead atoms. The SMILES string of the molecule is CCOCCC1(CNC(=O)[C@@H]2CCC[C@@H]2CN)CCCC1. The van der Waals surface area contributed by atoms with Crippen molar-refractivity contribution in [3.05, 3.63) is 0 Å². The van der Waals surface area contributed by atoms with Gasteiger partial charge in [0.25, 0.3) is 0 Å². The Hall–Kier alpha value is -0.610. The Kier molecular flexibility index (Phi) is 6.49. The minimum absolute atomic E-state index is 0.153. The van der Waals surface area contributed by atoms with Crippen molar-refractivity contribution >= 4 is 5.91 Å². The Labute approximate surface area is 129 Å². The van der Waals surface area contributed by atoms with Gasteiger partial charge in [-0.2, -0.15) is 0 Å². The number of hydrogen-bond donors (Lipinski definition) is 2. The predicted molar refractivity (Wildman–Crippen MR) is 84.9 cm³/mol. The van der Waals surface area contributed by atoms with Crippen molar-refractivity contribution in [1.82, 2.24) is 5.32 Å². The highest BCUT2D eigenvalue weighted by molar-refractivity contribution is 5.79. The average molecular weight is 296 g/mol. The molecule has 0 saturated heterocycles. The van der Waals surface area contributed by atoms with E-state index in [9.17, 15) is 4.79 Å². The number of hydrogen-bond acceptors (Lipinski definition) is 3. The van der Waals surface area contributed by atoms with Crippen LogP contribution in [0.2, 0.25) is 0 Å². The third-order valence-corrected chi connectivity index (χ3v) is 5.58. The normalized spacial score (nSPS) is 27.9. The van der Waals surface area contributed by atoms with Gasteiger partial charge in [0.2, 0.25) is 5.91 Å². The Morgan fingerprint density at radius 2 is 2.05 bits per heavy atom. The second-order valence-corrected chi connectivity index (χ2v) is 6.91. The summed E-state index contributed by atoms with van der Waals surface area (Å²) in [6.45, 7) is 5.11. The molecule has 1 amide bonds. The van der Waals surface area contributed by atoms with Crippen molar-refractivity contribution < 1.29 is 9.53 Å². The molecule has 0 heterocycles. The highest BCUT2D eigenvalue weighted by Crippen LogP contribution is 2.41. The predicted octanol–water partition coefficient (Wildman–Crippen LogP) is 2.46. The molecule has 4 heteroatoms. The second kappa shape index (κ2) is 8.14. The van der Waals surface area contributed by atoms with Crippen LogP contribution in [0.5, 0.6) is 0 Å². The summed E-state index contributed by atoms with van der Waals surface area (Å²) in [7, 11) is 0. The van der Waals surface area contributed by atoms with Crippen LogP contribution in [0.1, 0.15) is 58.3 Å². The van der Waals surface area contributed by atoms with Crippen molar-refractivity contribution in [2.45, 2.75) is 58.3 Å². The first-order chi connectivity index (χ1) is 10.2. The summed E-state index contributed by atoms with van der Waals surface area (Å²) in [5.74, 6) is 0.791. The lowest BCUT2D eigenvalue weighted by molar-refractivity contribution is -0.126. The molecule has 122 valence electrons. The van der Waals surface area contributed by atoms with E-state index in [4.69, 9.17) is 10.5 Å². The van der Waals surface area contributed by atoms with E-state index >= 15 is 0 Å². The van der Waals surface area contributed by atoms with Gasteiger partial charge in [0, 0.05) is 25.7 Å². The zero-order valence-electron chi connectivity index (χ0n) is 13.5. The first-order valence-corrected chi connectivity index (χ1v) is 8.76. The summed E-state index contributed by atoms with van der Waals surface area (Å²) in [5.41, 5.74) is 6.07. The molecule has 3 N–H and O–H groups in total. The van der Waals surface area contributed by atoms with E-state index in [-0.39, 0.29) is 17.2 Å². The van der Waals surface area contributed by atoms with E-state index in [1.165, 1.54) is 25.7 Å². The minimum atomic E-state index is 0.153. The van der Waals surface area contributed by atoms with Crippen molar-refractivity contribution in [1.29, 1.82) is 0 Å². The molecular formula is C17H32N2O2. The van der Waals surface area contributed by atoms with Gasteiger partial charge in [0.05, 0.1) is 0 Å². The Morgan fingerprint density at radius 1 is 1.29 bits per heavy atom. The number of ether oxygens (including phenoxy) is 1. The van der Waals surface area contributed by atoms with E-state index in [1.807, 2.05) is 6.92 Å². The molecule has 2 atom stereocenters. The maximum atomic E-state index is 12.4. The fraction of sp³-hybridized carbons (Fsp3) is 0.941. The molecular weight excluding hydrogens is 264 g/mol. The molecule has 2 aliphatic carbocycles. The van der Waals surface area contributed by atoms with Crippen molar-refractivity contribution in [2.24, 2.45) is 23.0 Å². The fourth-order valence-electron chi connectivity index (χ4n) is 4.14. The van der Waals surface area contributed by atoms with Crippen molar-refractivity contribution in [3.63, 3.8) is 0 Å².